The molecule has 0 amide bonds. The number of aromatic nitrogens is 2. The lowest BCUT2D eigenvalue weighted by Crippen LogP contribution is -2.05. The van der Waals surface area contributed by atoms with E-state index in [1.54, 1.807) is 25.3 Å². The average Bonchev–Trinajstić information content (AvgIpc) is 3.07. The summed E-state index contributed by atoms with van der Waals surface area (Å²) in [7, 11) is 0. The Kier molecular flexibility index (Phi) is 4.05. The van der Waals surface area contributed by atoms with Crippen molar-refractivity contribution in [3.05, 3.63) is 82.2 Å². The van der Waals surface area contributed by atoms with E-state index in [1.165, 1.54) is 6.07 Å². The zero-order valence-electron chi connectivity index (χ0n) is 12.6. The van der Waals surface area contributed by atoms with Crippen LogP contribution in [0.4, 0.5) is 11.4 Å². The summed E-state index contributed by atoms with van der Waals surface area (Å²) >= 11 is 0. The van der Waals surface area contributed by atoms with Crippen molar-refractivity contribution in [3.63, 3.8) is 0 Å². The van der Waals surface area contributed by atoms with Crippen molar-refractivity contribution in [1.82, 2.24) is 9.78 Å². The Morgan fingerprint density at radius 3 is 2.74 bits per heavy atom. The first-order chi connectivity index (χ1) is 11.1. The molecule has 0 bridgehead atoms. The van der Waals surface area contributed by atoms with E-state index < -0.39 is 0 Å². The zero-order chi connectivity index (χ0) is 16.2. The third-order valence-corrected chi connectivity index (χ3v) is 3.62. The molecule has 0 aliphatic heterocycles. The summed E-state index contributed by atoms with van der Waals surface area (Å²) in [6.45, 7) is 2.34. The van der Waals surface area contributed by atoms with Gasteiger partial charge in [-0.2, -0.15) is 5.10 Å². The molecule has 116 valence electrons. The Morgan fingerprint density at radius 1 is 1.22 bits per heavy atom. The highest BCUT2D eigenvalue weighted by Gasteiger charge is 2.10. The maximum atomic E-state index is 10.9. The molecule has 0 atom stereocenters. The minimum Gasteiger partial charge on any atom is -0.381 e. The number of hydrogen-bond donors (Lipinski definition) is 1. The van der Waals surface area contributed by atoms with E-state index in [-0.39, 0.29) is 10.6 Å². The molecule has 2 aromatic carbocycles. The van der Waals surface area contributed by atoms with E-state index in [2.05, 4.69) is 10.4 Å². The Balaban J connectivity index is 1.79. The van der Waals surface area contributed by atoms with Gasteiger partial charge in [-0.25, -0.2) is 4.68 Å². The van der Waals surface area contributed by atoms with Gasteiger partial charge in [-0.3, -0.25) is 10.1 Å². The normalized spacial score (nSPS) is 10.5. The van der Waals surface area contributed by atoms with Crippen molar-refractivity contribution in [2.75, 3.05) is 5.32 Å². The maximum Gasteiger partial charge on any atom is 0.272 e. The molecule has 1 aromatic heterocycles. The van der Waals surface area contributed by atoms with Gasteiger partial charge in [0.25, 0.3) is 5.69 Å². The second kappa shape index (κ2) is 6.31. The summed E-state index contributed by atoms with van der Waals surface area (Å²) in [5.74, 6) is 0. The highest BCUT2D eigenvalue weighted by atomic mass is 16.6. The van der Waals surface area contributed by atoms with Crippen LogP contribution in [0.2, 0.25) is 0 Å². The fraction of sp³-hybridized carbons (Fsp3) is 0.118. The number of benzene rings is 2. The van der Waals surface area contributed by atoms with Crippen LogP contribution in [0.1, 0.15) is 11.1 Å². The number of hydrogen-bond acceptors (Lipinski definition) is 4. The quantitative estimate of drug-likeness (QED) is 0.576. The van der Waals surface area contributed by atoms with E-state index in [0.717, 1.165) is 16.9 Å². The minimum atomic E-state index is -0.369. The number of anilines is 1. The van der Waals surface area contributed by atoms with Crippen LogP contribution in [-0.4, -0.2) is 14.7 Å². The molecule has 3 rings (SSSR count). The van der Waals surface area contributed by atoms with Gasteiger partial charge in [-0.15, -0.1) is 0 Å². The first-order valence-electron chi connectivity index (χ1n) is 7.22. The molecule has 0 saturated heterocycles. The molecular weight excluding hydrogens is 292 g/mol. The molecule has 3 aromatic rings. The summed E-state index contributed by atoms with van der Waals surface area (Å²) < 4.78 is 1.82. The van der Waals surface area contributed by atoms with Gasteiger partial charge in [0.05, 0.1) is 10.6 Å². The van der Waals surface area contributed by atoms with E-state index in [4.69, 9.17) is 0 Å². The lowest BCUT2D eigenvalue weighted by atomic mass is 10.1. The lowest BCUT2D eigenvalue weighted by Gasteiger charge is -2.12. The highest BCUT2D eigenvalue weighted by Crippen LogP contribution is 2.22. The van der Waals surface area contributed by atoms with Crippen LogP contribution in [0.3, 0.4) is 0 Å². The smallest absolute Gasteiger partial charge is 0.272 e. The Hall–Kier alpha value is -3.15. The van der Waals surface area contributed by atoms with Crippen molar-refractivity contribution in [2.45, 2.75) is 13.5 Å². The number of aryl methyl sites for hydroxylation is 1. The predicted octanol–water partition coefficient (Wildman–Crippen LogP) is 3.70. The SMILES string of the molecule is Cc1cc(NCc2ccccc2-n2cccn2)ccc1[N+](=O)[O-]. The van der Waals surface area contributed by atoms with Crippen molar-refractivity contribution in [1.29, 1.82) is 0 Å². The molecule has 0 aliphatic rings. The number of nitro groups is 1. The summed E-state index contributed by atoms with van der Waals surface area (Å²) in [5.41, 5.74) is 3.71. The minimum absolute atomic E-state index is 0.132. The molecule has 23 heavy (non-hydrogen) atoms. The standard InChI is InChI=1S/C17H16N4O2/c1-13-11-15(7-8-16(13)21(22)23)18-12-14-5-2-3-6-17(14)20-10-4-9-19-20/h2-11,18H,12H2,1H3. The molecule has 1 N–H and O–H groups in total. The molecule has 0 saturated carbocycles. The third kappa shape index (κ3) is 3.21. The van der Waals surface area contributed by atoms with Gasteiger partial charge in [0.2, 0.25) is 0 Å². The molecular formula is C17H16N4O2. The molecule has 0 spiro atoms. The number of rotatable bonds is 5. The largest absolute Gasteiger partial charge is 0.381 e. The van der Waals surface area contributed by atoms with Gasteiger partial charge in [-0.1, -0.05) is 18.2 Å². The van der Waals surface area contributed by atoms with Crippen LogP contribution in [0, 0.1) is 17.0 Å². The summed E-state index contributed by atoms with van der Waals surface area (Å²) in [5, 5.41) is 18.4. The van der Waals surface area contributed by atoms with Gasteiger partial charge in [0.15, 0.2) is 0 Å². The topological polar surface area (TPSA) is 73.0 Å². The fourth-order valence-corrected chi connectivity index (χ4v) is 2.46. The van der Waals surface area contributed by atoms with Crippen molar-refractivity contribution in [3.8, 4) is 5.69 Å². The summed E-state index contributed by atoms with van der Waals surface area (Å²) in [6, 6.07) is 14.9. The molecule has 1 heterocycles. The Morgan fingerprint density at radius 2 is 2.04 bits per heavy atom. The molecule has 0 fully saturated rings. The highest BCUT2D eigenvalue weighted by molar-refractivity contribution is 5.54. The molecule has 0 unspecified atom stereocenters. The maximum absolute atomic E-state index is 10.9. The van der Waals surface area contributed by atoms with E-state index in [9.17, 15) is 10.1 Å². The Labute approximate surface area is 133 Å². The third-order valence-electron chi connectivity index (χ3n) is 3.62. The lowest BCUT2D eigenvalue weighted by molar-refractivity contribution is -0.385. The van der Waals surface area contributed by atoms with Crippen LogP contribution in [0.5, 0.6) is 0 Å². The fourth-order valence-electron chi connectivity index (χ4n) is 2.46. The van der Waals surface area contributed by atoms with Crippen LogP contribution in [-0.2, 0) is 6.54 Å². The second-order valence-corrected chi connectivity index (χ2v) is 5.19. The van der Waals surface area contributed by atoms with Gasteiger partial charge in [0, 0.05) is 36.3 Å². The zero-order valence-corrected chi connectivity index (χ0v) is 12.6. The van der Waals surface area contributed by atoms with E-state index in [1.807, 2.05) is 41.2 Å². The first-order valence-corrected chi connectivity index (χ1v) is 7.22. The van der Waals surface area contributed by atoms with Gasteiger partial charge < -0.3 is 5.32 Å². The molecule has 0 radical (unpaired) electrons. The van der Waals surface area contributed by atoms with Crippen molar-refractivity contribution in [2.24, 2.45) is 0 Å². The van der Waals surface area contributed by atoms with Crippen LogP contribution >= 0.6 is 0 Å². The number of nitro benzene ring substituents is 1. The second-order valence-electron chi connectivity index (χ2n) is 5.19. The van der Waals surface area contributed by atoms with Gasteiger partial charge in [-0.05, 0) is 36.8 Å². The first kappa shape index (κ1) is 14.8. The van der Waals surface area contributed by atoms with E-state index in [0.29, 0.717) is 12.1 Å². The monoisotopic (exact) mass is 308 g/mol. The van der Waals surface area contributed by atoms with Crippen molar-refractivity contribution < 1.29 is 4.92 Å². The summed E-state index contributed by atoms with van der Waals surface area (Å²) in [4.78, 5) is 10.5. The average molecular weight is 308 g/mol. The number of nitrogens with zero attached hydrogens (tertiary/aromatic N) is 3. The molecule has 6 heteroatoms. The van der Waals surface area contributed by atoms with Crippen LogP contribution in [0.15, 0.2) is 60.9 Å². The van der Waals surface area contributed by atoms with E-state index >= 15 is 0 Å². The van der Waals surface area contributed by atoms with Crippen LogP contribution < -0.4 is 5.32 Å². The Bertz CT molecular complexity index is 828. The number of para-hydroxylation sites is 1. The molecule has 6 nitrogen and oxygen atoms in total. The molecule has 0 aliphatic carbocycles. The number of nitrogens with one attached hydrogen (secondary N) is 1. The van der Waals surface area contributed by atoms with Gasteiger partial charge >= 0.3 is 0 Å². The summed E-state index contributed by atoms with van der Waals surface area (Å²) in [6.07, 6.45) is 3.64. The van der Waals surface area contributed by atoms with Crippen LogP contribution in [0.25, 0.3) is 5.69 Å². The van der Waals surface area contributed by atoms with Crippen molar-refractivity contribution >= 4 is 11.4 Å². The van der Waals surface area contributed by atoms with Gasteiger partial charge in [0.1, 0.15) is 0 Å². The predicted molar refractivity (Wildman–Crippen MR) is 88.7 cm³/mol.